The third-order valence-corrected chi connectivity index (χ3v) is 5.13. The Hall–Kier alpha value is -0.990. The van der Waals surface area contributed by atoms with E-state index in [1.807, 2.05) is 12.1 Å². The first kappa shape index (κ1) is 14.9. The number of halogens is 1. The van der Waals surface area contributed by atoms with Gasteiger partial charge in [0.1, 0.15) is 5.75 Å². The normalized spacial score (nSPS) is 20.0. The second-order valence-electron chi connectivity index (χ2n) is 6.33. The minimum absolute atomic E-state index is 0.863. The lowest BCUT2D eigenvalue weighted by molar-refractivity contribution is 0.213. The zero-order valence-electron chi connectivity index (χ0n) is 13.0. The lowest BCUT2D eigenvalue weighted by Crippen LogP contribution is -2.34. The fourth-order valence-corrected chi connectivity index (χ4v) is 3.78. The minimum Gasteiger partial charge on any atom is -0.496 e. The van der Waals surface area contributed by atoms with Gasteiger partial charge in [-0.05, 0) is 62.4 Å². The largest absolute Gasteiger partial charge is 0.496 e. The van der Waals surface area contributed by atoms with Gasteiger partial charge >= 0.3 is 0 Å². The van der Waals surface area contributed by atoms with Crippen LogP contribution in [0.3, 0.4) is 0 Å². The molecule has 1 fully saturated rings. The molecule has 3 rings (SSSR count). The zero-order valence-corrected chi connectivity index (χ0v) is 13.7. The molecule has 0 amide bonds. The second kappa shape index (κ2) is 6.41. The Balaban J connectivity index is 1.84. The SMILES string of the molecule is COc1ccc(Cl)c2c1CCC=C2CN1CCC(C)CC1. The van der Waals surface area contributed by atoms with E-state index >= 15 is 0 Å². The van der Waals surface area contributed by atoms with Crippen molar-refractivity contribution in [1.82, 2.24) is 4.90 Å². The van der Waals surface area contributed by atoms with E-state index in [0.29, 0.717) is 0 Å². The summed E-state index contributed by atoms with van der Waals surface area (Å²) in [7, 11) is 1.74. The smallest absolute Gasteiger partial charge is 0.122 e. The van der Waals surface area contributed by atoms with Crippen molar-refractivity contribution < 1.29 is 4.74 Å². The Kier molecular flexibility index (Phi) is 4.56. The highest BCUT2D eigenvalue weighted by Crippen LogP contribution is 2.38. The Bertz CT molecular complexity index is 544. The van der Waals surface area contributed by atoms with E-state index in [2.05, 4.69) is 17.9 Å². The van der Waals surface area contributed by atoms with Crippen molar-refractivity contribution >= 4 is 17.2 Å². The van der Waals surface area contributed by atoms with E-state index in [-0.39, 0.29) is 0 Å². The summed E-state index contributed by atoms with van der Waals surface area (Å²) in [6.07, 6.45) is 7.10. The number of likely N-dealkylation sites (tertiary alicyclic amines) is 1. The van der Waals surface area contributed by atoms with Crippen molar-refractivity contribution in [2.45, 2.75) is 32.6 Å². The molecule has 1 aliphatic carbocycles. The van der Waals surface area contributed by atoms with Crippen LogP contribution in [0.5, 0.6) is 5.75 Å². The number of hydrogen-bond acceptors (Lipinski definition) is 2. The van der Waals surface area contributed by atoms with Gasteiger partial charge in [0.2, 0.25) is 0 Å². The number of benzene rings is 1. The Morgan fingerprint density at radius 2 is 2.05 bits per heavy atom. The first-order valence-electron chi connectivity index (χ1n) is 7.96. The molecule has 114 valence electrons. The molecule has 0 radical (unpaired) electrons. The Labute approximate surface area is 132 Å². The molecule has 0 N–H and O–H groups in total. The summed E-state index contributed by atoms with van der Waals surface area (Å²) in [5.74, 6) is 1.85. The van der Waals surface area contributed by atoms with Crippen LogP contribution in [-0.4, -0.2) is 31.6 Å². The molecule has 0 spiro atoms. The molecule has 0 saturated carbocycles. The number of piperidine rings is 1. The van der Waals surface area contributed by atoms with Gasteiger partial charge in [-0.3, -0.25) is 4.90 Å². The Morgan fingerprint density at radius 1 is 1.29 bits per heavy atom. The van der Waals surface area contributed by atoms with Gasteiger partial charge in [0.05, 0.1) is 7.11 Å². The maximum Gasteiger partial charge on any atom is 0.122 e. The maximum atomic E-state index is 6.49. The summed E-state index contributed by atoms with van der Waals surface area (Å²) >= 11 is 6.49. The molecule has 21 heavy (non-hydrogen) atoms. The van der Waals surface area contributed by atoms with Gasteiger partial charge in [0.25, 0.3) is 0 Å². The van der Waals surface area contributed by atoms with Crippen LogP contribution in [0.4, 0.5) is 0 Å². The zero-order chi connectivity index (χ0) is 14.8. The molecule has 0 atom stereocenters. The average Bonchev–Trinajstić information content (AvgIpc) is 2.50. The van der Waals surface area contributed by atoms with Gasteiger partial charge < -0.3 is 4.74 Å². The van der Waals surface area contributed by atoms with Gasteiger partial charge in [0, 0.05) is 22.7 Å². The number of fused-ring (bicyclic) bond motifs is 1. The van der Waals surface area contributed by atoms with Gasteiger partial charge in [-0.25, -0.2) is 0 Å². The van der Waals surface area contributed by atoms with Crippen LogP contribution in [-0.2, 0) is 6.42 Å². The van der Waals surface area contributed by atoms with E-state index in [0.717, 1.165) is 36.1 Å². The standard InChI is InChI=1S/C18H24ClNO/c1-13-8-10-20(11-9-13)12-14-4-3-5-15-17(21-2)7-6-16(19)18(14)15/h4,6-7,13H,3,5,8-12H2,1-2H3. The van der Waals surface area contributed by atoms with Gasteiger partial charge in [0.15, 0.2) is 0 Å². The van der Waals surface area contributed by atoms with Gasteiger partial charge in [-0.1, -0.05) is 24.6 Å². The van der Waals surface area contributed by atoms with Crippen LogP contribution < -0.4 is 4.74 Å². The number of allylic oxidation sites excluding steroid dienone is 1. The van der Waals surface area contributed by atoms with Crippen molar-refractivity contribution in [3.63, 3.8) is 0 Å². The van der Waals surface area contributed by atoms with E-state index < -0.39 is 0 Å². The molecule has 0 aromatic heterocycles. The number of ether oxygens (including phenoxy) is 1. The summed E-state index contributed by atoms with van der Waals surface area (Å²) in [6.45, 7) is 5.78. The van der Waals surface area contributed by atoms with Crippen LogP contribution >= 0.6 is 11.6 Å². The van der Waals surface area contributed by atoms with Crippen LogP contribution in [0.1, 0.15) is 37.3 Å². The topological polar surface area (TPSA) is 12.5 Å². The number of hydrogen-bond donors (Lipinski definition) is 0. The average molecular weight is 306 g/mol. The third kappa shape index (κ3) is 3.12. The van der Waals surface area contributed by atoms with Crippen LogP contribution in [0.15, 0.2) is 18.2 Å². The maximum absolute atomic E-state index is 6.49. The van der Waals surface area contributed by atoms with E-state index in [4.69, 9.17) is 16.3 Å². The minimum atomic E-state index is 0.863. The van der Waals surface area contributed by atoms with Gasteiger partial charge in [-0.2, -0.15) is 0 Å². The van der Waals surface area contributed by atoms with Crippen molar-refractivity contribution in [3.05, 3.63) is 34.4 Å². The molecular weight excluding hydrogens is 282 g/mol. The monoisotopic (exact) mass is 305 g/mol. The summed E-state index contributed by atoms with van der Waals surface area (Å²) < 4.78 is 5.52. The fourth-order valence-electron chi connectivity index (χ4n) is 3.48. The number of rotatable bonds is 3. The molecule has 1 aromatic rings. The van der Waals surface area contributed by atoms with E-state index in [1.165, 1.54) is 42.6 Å². The highest BCUT2D eigenvalue weighted by molar-refractivity contribution is 6.32. The van der Waals surface area contributed by atoms with E-state index in [1.54, 1.807) is 7.11 Å². The third-order valence-electron chi connectivity index (χ3n) is 4.82. The number of nitrogens with zero attached hydrogens (tertiary/aromatic N) is 1. The Morgan fingerprint density at radius 3 is 2.76 bits per heavy atom. The molecule has 1 saturated heterocycles. The highest BCUT2D eigenvalue weighted by Gasteiger charge is 2.23. The highest BCUT2D eigenvalue weighted by atomic mass is 35.5. The molecule has 3 heteroatoms. The first-order valence-corrected chi connectivity index (χ1v) is 8.34. The molecular formula is C18H24ClNO. The molecule has 1 heterocycles. The fraction of sp³-hybridized carbons (Fsp3) is 0.556. The lowest BCUT2D eigenvalue weighted by Gasteiger charge is -2.32. The molecule has 0 bridgehead atoms. The summed E-state index contributed by atoms with van der Waals surface area (Å²) in [4.78, 5) is 2.57. The summed E-state index contributed by atoms with van der Waals surface area (Å²) in [5.41, 5.74) is 3.89. The van der Waals surface area contributed by atoms with Crippen LogP contribution in [0.2, 0.25) is 5.02 Å². The predicted octanol–water partition coefficient (Wildman–Crippen LogP) is 4.41. The van der Waals surface area contributed by atoms with Crippen molar-refractivity contribution in [1.29, 1.82) is 0 Å². The molecule has 2 aliphatic rings. The van der Waals surface area contributed by atoms with Crippen molar-refractivity contribution in [3.8, 4) is 5.75 Å². The summed E-state index contributed by atoms with van der Waals surface area (Å²) in [5, 5.41) is 0.863. The van der Waals surface area contributed by atoms with Crippen LogP contribution in [0.25, 0.3) is 5.57 Å². The summed E-state index contributed by atoms with van der Waals surface area (Å²) in [6, 6.07) is 3.96. The number of methoxy groups -OCH3 is 1. The van der Waals surface area contributed by atoms with Crippen molar-refractivity contribution in [2.24, 2.45) is 5.92 Å². The van der Waals surface area contributed by atoms with Crippen molar-refractivity contribution in [2.75, 3.05) is 26.7 Å². The quantitative estimate of drug-likeness (QED) is 0.820. The first-order chi connectivity index (χ1) is 10.2. The predicted molar refractivity (Wildman–Crippen MR) is 89.1 cm³/mol. The van der Waals surface area contributed by atoms with E-state index in [9.17, 15) is 0 Å². The molecule has 1 aliphatic heterocycles. The second-order valence-corrected chi connectivity index (χ2v) is 6.74. The van der Waals surface area contributed by atoms with Gasteiger partial charge in [-0.15, -0.1) is 0 Å². The molecule has 0 unspecified atom stereocenters. The molecule has 1 aromatic carbocycles. The lowest BCUT2D eigenvalue weighted by atomic mass is 9.89. The molecule has 2 nitrogen and oxygen atoms in total. The van der Waals surface area contributed by atoms with Crippen LogP contribution in [0, 0.1) is 5.92 Å².